The molecule has 0 heterocycles. The Labute approximate surface area is 104 Å². The molecule has 100 valence electrons. The molecular formula is C13H24O4. The fourth-order valence-corrected chi connectivity index (χ4v) is 1.58. The van der Waals surface area contributed by atoms with Gasteiger partial charge < -0.3 is 9.47 Å². The predicted molar refractivity (Wildman–Crippen MR) is 65.3 cm³/mol. The van der Waals surface area contributed by atoms with Crippen molar-refractivity contribution in [3.8, 4) is 0 Å². The molecule has 0 aliphatic heterocycles. The minimum absolute atomic E-state index is 0.283. The first kappa shape index (κ1) is 15.9. The summed E-state index contributed by atoms with van der Waals surface area (Å²) >= 11 is 0. The highest BCUT2D eigenvalue weighted by Crippen LogP contribution is 2.09. The van der Waals surface area contributed by atoms with Crippen molar-refractivity contribution in [2.24, 2.45) is 0 Å². The summed E-state index contributed by atoms with van der Waals surface area (Å²) in [6.45, 7) is 4.00. The molecule has 0 rings (SSSR count). The zero-order chi connectivity index (χ0) is 12.9. The van der Waals surface area contributed by atoms with E-state index in [0.29, 0.717) is 6.42 Å². The molecule has 0 saturated carbocycles. The second-order valence-electron chi connectivity index (χ2n) is 4.16. The highest BCUT2D eigenvalue weighted by molar-refractivity contribution is 5.69. The van der Waals surface area contributed by atoms with Gasteiger partial charge in [-0.05, 0) is 6.42 Å². The standard InChI is InChI=1S/C13H24O4/c1-3-4-5-6-7-8-9-10-13(15)17-12(2)16-11-14/h11-12H,3-10H2,1-2H3. The Morgan fingerprint density at radius 1 is 1.12 bits per heavy atom. The van der Waals surface area contributed by atoms with E-state index in [9.17, 15) is 9.59 Å². The second-order valence-corrected chi connectivity index (χ2v) is 4.16. The molecule has 0 radical (unpaired) electrons. The topological polar surface area (TPSA) is 52.6 Å². The summed E-state index contributed by atoms with van der Waals surface area (Å²) in [5.41, 5.74) is 0. The predicted octanol–water partition coefficient (Wildman–Crippen LogP) is 3.19. The molecule has 0 aromatic carbocycles. The molecule has 0 spiro atoms. The maximum absolute atomic E-state index is 11.2. The van der Waals surface area contributed by atoms with Crippen LogP contribution in [0, 0.1) is 0 Å². The minimum atomic E-state index is -0.774. The Bertz CT molecular complexity index is 204. The van der Waals surface area contributed by atoms with Crippen molar-refractivity contribution in [3.05, 3.63) is 0 Å². The van der Waals surface area contributed by atoms with Crippen LogP contribution in [0.2, 0.25) is 0 Å². The van der Waals surface area contributed by atoms with Crippen molar-refractivity contribution in [2.45, 2.75) is 71.5 Å². The van der Waals surface area contributed by atoms with Crippen molar-refractivity contribution in [1.82, 2.24) is 0 Å². The number of hydrogen-bond donors (Lipinski definition) is 0. The summed E-state index contributed by atoms with van der Waals surface area (Å²) in [6.07, 6.45) is 7.78. The Morgan fingerprint density at radius 3 is 2.29 bits per heavy atom. The molecule has 0 aliphatic carbocycles. The van der Waals surface area contributed by atoms with Crippen molar-refractivity contribution in [3.63, 3.8) is 0 Å². The van der Waals surface area contributed by atoms with Crippen LogP contribution in [0.1, 0.15) is 65.2 Å². The van der Waals surface area contributed by atoms with Crippen LogP contribution in [0.5, 0.6) is 0 Å². The smallest absolute Gasteiger partial charge is 0.308 e. The zero-order valence-electron chi connectivity index (χ0n) is 10.9. The van der Waals surface area contributed by atoms with E-state index in [1.807, 2.05) is 0 Å². The van der Waals surface area contributed by atoms with Crippen molar-refractivity contribution in [2.75, 3.05) is 0 Å². The van der Waals surface area contributed by atoms with Gasteiger partial charge >= 0.3 is 5.97 Å². The van der Waals surface area contributed by atoms with Crippen LogP contribution in [-0.4, -0.2) is 18.7 Å². The maximum Gasteiger partial charge on any atom is 0.308 e. The molecule has 1 unspecified atom stereocenters. The minimum Gasteiger partial charge on any atom is -0.428 e. The summed E-state index contributed by atoms with van der Waals surface area (Å²) in [6, 6.07) is 0. The average molecular weight is 244 g/mol. The van der Waals surface area contributed by atoms with E-state index in [1.165, 1.54) is 39.0 Å². The lowest BCUT2D eigenvalue weighted by molar-refractivity contribution is -0.176. The van der Waals surface area contributed by atoms with E-state index in [2.05, 4.69) is 11.7 Å². The van der Waals surface area contributed by atoms with E-state index in [-0.39, 0.29) is 12.4 Å². The lowest BCUT2D eigenvalue weighted by Crippen LogP contribution is -2.17. The molecule has 0 amide bonds. The lowest BCUT2D eigenvalue weighted by Gasteiger charge is -2.10. The summed E-state index contributed by atoms with van der Waals surface area (Å²) in [5.74, 6) is -0.298. The Kier molecular flexibility index (Phi) is 10.7. The van der Waals surface area contributed by atoms with E-state index in [0.717, 1.165) is 12.8 Å². The van der Waals surface area contributed by atoms with Crippen LogP contribution >= 0.6 is 0 Å². The molecule has 0 aromatic heterocycles. The third-order valence-electron chi connectivity index (χ3n) is 2.53. The van der Waals surface area contributed by atoms with Crippen molar-refractivity contribution in [1.29, 1.82) is 0 Å². The van der Waals surface area contributed by atoms with Gasteiger partial charge in [-0.25, -0.2) is 0 Å². The van der Waals surface area contributed by atoms with Crippen LogP contribution in [0.15, 0.2) is 0 Å². The molecule has 17 heavy (non-hydrogen) atoms. The molecule has 4 nitrogen and oxygen atoms in total. The van der Waals surface area contributed by atoms with Crippen LogP contribution in [0.3, 0.4) is 0 Å². The normalized spacial score (nSPS) is 11.9. The number of hydrogen-bond acceptors (Lipinski definition) is 4. The Balaban J connectivity index is 3.30. The first-order chi connectivity index (χ1) is 8.20. The number of esters is 1. The number of carbonyl (C=O) groups excluding carboxylic acids is 2. The van der Waals surface area contributed by atoms with E-state index in [4.69, 9.17) is 4.74 Å². The van der Waals surface area contributed by atoms with Crippen LogP contribution in [0.25, 0.3) is 0 Å². The first-order valence-corrected chi connectivity index (χ1v) is 6.49. The van der Waals surface area contributed by atoms with Crippen molar-refractivity contribution < 1.29 is 19.1 Å². The van der Waals surface area contributed by atoms with Crippen LogP contribution in [0.4, 0.5) is 0 Å². The van der Waals surface area contributed by atoms with E-state index >= 15 is 0 Å². The second kappa shape index (κ2) is 11.4. The maximum atomic E-state index is 11.2. The zero-order valence-corrected chi connectivity index (χ0v) is 10.9. The van der Waals surface area contributed by atoms with Gasteiger partial charge in [0.2, 0.25) is 6.29 Å². The van der Waals surface area contributed by atoms with Gasteiger partial charge in [0.15, 0.2) is 0 Å². The van der Waals surface area contributed by atoms with Gasteiger partial charge in [0, 0.05) is 13.3 Å². The molecular weight excluding hydrogens is 220 g/mol. The number of carbonyl (C=O) groups is 2. The van der Waals surface area contributed by atoms with Gasteiger partial charge in [0.25, 0.3) is 6.47 Å². The molecule has 0 aromatic rings. The molecule has 0 aliphatic rings. The molecule has 0 N–H and O–H groups in total. The summed E-state index contributed by atoms with van der Waals surface area (Å²) in [7, 11) is 0. The van der Waals surface area contributed by atoms with Gasteiger partial charge in [-0.3, -0.25) is 9.59 Å². The quantitative estimate of drug-likeness (QED) is 0.242. The largest absolute Gasteiger partial charge is 0.428 e. The monoisotopic (exact) mass is 244 g/mol. The third kappa shape index (κ3) is 11.2. The average Bonchev–Trinajstić information content (AvgIpc) is 2.28. The number of rotatable bonds is 11. The number of ether oxygens (including phenoxy) is 2. The van der Waals surface area contributed by atoms with Crippen LogP contribution < -0.4 is 0 Å². The summed E-state index contributed by atoms with van der Waals surface area (Å²) in [5, 5.41) is 0. The Hall–Kier alpha value is -1.06. The summed E-state index contributed by atoms with van der Waals surface area (Å²) in [4.78, 5) is 21.2. The van der Waals surface area contributed by atoms with Crippen LogP contribution in [-0.2, 0) is 19.1 Å². The lowest BCUT2D eigenvalue weighted by atomic mass is 10.1. The summed E-state index contributed by atoms with van der Waals surface area (Å²) < 4.78 is 9.30. The van der Waals surface area contributed by atoms with Gasteiger partial charge in [-0.15, -0.1) is 0 Å². The van der Waals surface area contributed by atoms with Gasteiger partial charge in [-0.2, -0.15) is 0 Å². The van der Waals surface area contributed by atoms with E-state index < -0.39 is 6.29 Å². The van der Waals surface area contributed by atoms with Gasteiger partial charge in [0.05, 0.1) is 0 Å². The third-order valence-corrected chi connectivity index (χ3v) is 2.53. The molecule has 0 bridgehead atoms. The SMILES string of the molecule is CCCCCCCCCC(=O)OC(C)OC=O. The first-order valence-electron chi connectivity index (χ1n) is 6.49. The van der Waals surface area contributed by atoms with Gasteiger partial charge in [0.1, 0.15) is 0 Å². The van der Waals surface area contributed by atoms with Gasteiger partial charge in [-0.1, -0.05) is 45.4 Å². The fourth-order valence-electron chi connectivity index (χ4n) is 1.58. The van der Waals surface area contributed by atoms with Crippen molar-refractivity contribution >= 4 is 12.4 Å². The fraction of sp³-hybridized carbons (Fsp3) is 0.846. The number of unbranched alkanes of at least 4 members (excludes halogenated alkanes) is 6. The highest BCUT2D eigenvalue weighted by atomic mass is 16.7. The van der Waals surface area contributed by atoms with E-state index in [1.54, 1.807) is 0 Å². The molecule has 0 saturated heterocycles. The highest BCUT2D eigenvalue weighted by Gasteiger charge is 2.08. The molecule has 1 atom stereocenters. The Morgan fingerprint density at radius 2 is 1.71 bits per heavy atom. The molecule has 4 heteroatoms. The molecule has 0 fully saturated rings.